The van der Waals surface area contributed by atoms with Crippen LogP contribution in [0.2, 0.25) is 0 Å². The number of nitrogens with zero attached hydrogens (tertiary/aromatic N) is 1. The predicted molar refractivity (Wildman–Crippen MR) is 137 cm³/mol. The van der Waals surface area contributed by atoms with E-state index in [2.05, 4.69) is 49.4 Å². The maximum Gasteiger partial charge on any atom is 0.352 e. The van der Waals surface area contributed by atoms with Gasteiger partial charge in [-0.1, -0.05) is 84.4 Å². The lowest BCUT2D eigenvalue weighted by atomic mass is 10.1. The Kier molecular flexibility index (Phi) is 6.05. The molecule has 0 atom stereocenters. The summed E-state index contributed by atoms with van der Waals surface area (Å²) in [5, 5.41) is 13.4. The van der Waals surface area contributed by atoms with Crippen LogP contribution in [0.1, 0.15) is 33.6 Å². The van der Waals surface area contributed by atoms with Crippen molar-refractivity contribution in [2.24, 2.45) is 0 Å². The van der Waals surface area contributed by atoms with Gasteiger partial charge in [0, 0.05) is 22.8 Å². The zero-order chi connectivity index (χ0) is 23.5. The number of aromatic nitrogens is 1. The van der Waals surface area contributed by atoms with Gasteiger partial charge in [0.1, 0.15) is 11.4 Å². The van der Waals surface area contributed by atoms with Gasteiger partial charge in [0.2, 0.25) is 0 Å². The molecule has 0 saturated carbocycles. The number of ether oxygens (including phenoxy) is 1. The first-order valence-electron chi connectivity index (χ1n) is 11.6. The average molecular weight is 450 g/mol. The lowest BCUT2D eigenvalue weighted by molar-refractivity contribution is 0.0685. The molecule has 5 aromatic rings. The fourth-order valence-electron chi connectivity index (χ4n) is 4.67. The fourth-order valence-corrected chi connectivity index (χ4v) is 4.67. The predicted octanol–water partition coefficient (Wildman–Crippen LogP) is 6.86. The molecule has 0 unspecified atom stereocenters. The van der Waals surface area contributed by atoms with Crippen molar-refractivity contribution >= 4 is 27.6 Å². The van der Waals surface area contributed by atoms with Gasteiger partial charge in [0.15, 0.2) is 0 Å². The zero-order valence-corrected chi connectivity index (χ0v) is 19.2. The first-order chi connectivity index (χ1) is 16.6. The zero-order valence-electron chi connectivity index (χ0n) is 19.2. The summed E-state index contributed by atoms with van der Waals surface area (Å²) in [4.78, 5) is 12.4. The van der Waals surface area contributed by atoms with Crippen LogP contribution in [0.15, 0.2) is 91.0 Å². The summed E-state index contributed by atoms with van der Waals surface area (Å²) in [6.07, 6.45) is 1.36. The highest BCUT2D eigenvalue weighted by molar-refractivity contribution is 5.98. The highest BCUT2D eigenvalue weighted by atomic mass is 16.5. The Morgan fingerprint density at radius 2 is 1.56 bits per heavy atom. The third-order valence-corrected chi connectivity index (χ3v) is 6.32. The number of aryl methyl sites for hydroxylation is 2. The third kappa shape index (κ3) is 4.27. The Labute approximate surface area is 199 Å². The van der Waals surface area contributed by atoms with E-state index in [1.807, 2.05) is 53.1 Å². The lowest BCUT2D eigenvalue weighted by Gasteiger charge is -2.11. The normalized spacial score (nSPS) is 11.2. The number of aromatic carboxylic acids is 1. The topological polar surface area (TPSA) is 51.5 Å². The summed E-state index contributed by atoms with van der Waals surface area (Å²) < 4.78 is 8.05. The minimum Gasteiger partial charge on any atom is -0.493 e. The van der Waals surface area contributed by atoms with Gasteiger partial charge in [-0.2, -0.15) is 0 Å². The molecule has 0 aliphatic rings. The highest BCUT2D eigenvalue weighted by Crippen LogP contribution is 2.29. The Bertz CT molecular complexity index is 1460. The number of fused-ring (bicyclic) bond motifs is 2. The van der Waals surface area contributed by atoms with Crippen molar-refractivity contribution in [3.8, 4) is 5.75 Å². The van der Waals surface area contributed by atoms with Gasteiger partial charge in [-0.15, -0.1) is 0 Å². The molecular weight excluding hydrogens is 422 g/mol. The smallest absolute Gasteiger partial charge is 0.352 e. The second kappa shape index (κ2) is 9.44. The number of benzene rings is 4. The van der Waals surface area contributed by atoms with Crippen LogP contribution in [0, 0.1) is 6.92 Å². The van der Waals surface area contributed by atoms with Crippen molar-refractivity contribution in [1.29, 1.82) is 0 Å². The Balaban J connectivity index is 1.41. The first kappa shape index (κ1) is 21.8. The molecule has 0 bridgehead atoms. The van der Waals surface area contributed by atoms with Gasteiger partial charge in [0.05, 0.1) is 6.61 Å². The number of hydrogen-bond acceptors (Lipinski definition) is 2. The molecule has 0 saturated heterocycles. The van der Waals surface area contributed by atoms with Crippen LogP contribution in [0.3, 0.4) is 0 Å². The molecule has 1 N–H and O–H groups in total. The molecule has 4 heteroatoms. The Morgan fingerprint density at radius 1 is 0.853 bits per heavy atom. The number of carbonyl (C=O) groups is 1. The summed E-state index contributed by atoms with van der Waals surface area (Å²) in [6, 6.07) is 30.4. The second-order valence-electron chi connectivity index (χ2n) is 8.65. The molecule has 1 heterocycles. The number of carboxylic acid groups (broad SMARTS) is 1. The standard InChI is InChI=1S/C30H27NO3/c1-21-15-17-22(18-16-21)20-31-27-13-5-4-11-25(27)26(29(31)30(32)33)12-7-19-34-28-14-6-9-23-8-2-3-10-24(23)28/h2-6,8-11,13-18H,7,12,19-20H2,1H3,(H,32,33). The number of carboxylic acids is 1. The van der Waals surface area contributed by atoms with E-state index in [4.69, 9.17) is 4.74 Å². The molecule has 4 nitrogen and oxygen atoms in total. The molecule has 0 spiro atoms. The van der Waals surface area contributed by atoms with Crippen LogP contribution >= 0.6 is 0 Å². The quantitative estimate of drug-likeness (QED) is 0.263. The molecule has 4 aromatic carbocycles. The monoisotopic (exact) mass is 449 g/mol. The maximum atomic E-state index is 12.4. The average Bonchev–Trinajstić information content (AvgIpc) is 3.17. The van der Waals surface area contributed by atoms with E-state index in [0.717, 1.165) is 45.0 Å². The van der Waals surface area contributed by atoms with Crippen LogP contribution in [-0.2, 0) is 13.0 Å². The fraction of sp³-hybridized carbons (Fsp3) is 0.167. The van der Waals surface area contributed by atoms with E-state index in [9.17, 15) is 9.90 Å². The highest BCUT2D eigenvalue weighted by Gasteiger charge is 2.22. The molecule has 0 aliphatic heterocycles. The second-order valence-corrected chi connectivity index (χ2v) is 8.65. The Hall–Kier alpha value is -4.05. The number of hydrogen-bond donors (Lipinski definition) is 1. The van der Waals surface area contributed by atoms with Gasteiger partial charge in [-0.3, -0.25) is 0 Å². The van der Waals surface area contributed by atoms with Crippen LogP contribution in [-0.4, -0.2) is 22.2 Å². The van der Waals surface area contributed by atoms with E-state index < -0.39 is 5.97 Å². The Morgan fingerprint density at radius 3 is 2.35 bits per heavy atom. The third-order valence-electron chi connectivity index (χ3n) is 6.32. The molecule has 0 aliphatic carbocycles. The maximum absolute atomic E-state index is 12.4. The van der Waals surface area contributed by atoms with Gasteiger partial charge < -0.3 is 14.4 Å². The summed E-state index contributed by atoms with van der Waals surface area (Å²) in [5.41, 5.74) is 4.46. The van der Waals surface area contributed by atoms with Crippen molar-refractivity contribution in [3.63, 3.8) is 0 Å². The van der Waals surface area contributed by atoms with E-state index in [1.54, 1.807) is 0 Å². The van der Waals surface area contributed by atoms with Crippen LogP contribution in [0.4, 0.5) is 0 Å². The van der Waals surface area contributed by atoms with Crippen molar-refractivity contribution < 1.29 is 14.6 Å². The van der Waals surface area contributed by atoms with E-state index in [0.29, 0.717) is 25.3 Å². The van der Waals surface area contributed by atoms with Crippen LogP contribution < -0.4 is 4.74 Å². The van der Waals surface area contributed by atoms with Crippen molar-refractivity contribution in [3.05, 3.63) is 113 Å². The largest absolute Gasteiger partial charge is 0.493 e. The van der Waals surface area contributed by atoms with Gasteiger partial charge in [-0.25, -0.2) is 4.79 Å². The number of rotatable bonds is 8. The van der Waals surface area contributed by atoms with E-state index in [1.165, 1.54) is 5.56 Å². The van der Waals surface area contributed by atoms with Crippen molar-refractivity contribution in [1.82, 2.24) is 4.57 Å². The molecular formula is C30H27NO3. The molecule has 0 radical (unpaired) electrons. The summed E-state index contributed by atoms with van der Waals surface area (Å²) in [5.74, 6) is -0.0355. The SMILES string of the molecule is Cc1ccc(Cn2c(C(=O)O)c(CCCOc3cccc4ccccc34)c3ccccc32)cc1. The summed E-state index contributed by atoms with van der Waals surface area (Å²) >= 11 is 0. The summed E-state index contributed by atoms with van der Waals surface area (Å²) in [7, 11) is 0. The van der Waals surface area contributed by atoms with Gasteiger partial charge in [0.25, 0.3) is 0 Å². The van der Waals surface area contributed by atoms with E-state index in [-0.39, 0.29) is 0 Å². The van der Waals surface area contributed by atoms with Crippen molar-refractivity contribution in [2.45, 2.75) is 26.3 Å². The molecule has 34 heavy (non-hydrogen) atoms. The lowest BCUT2D eigenvalue weighted by Crippen LogP contribution is -2.12. The van der Waals surface area contributed by atoms with Gasteiger partial charge in [-0.05, 0) is 48.4 Å². The van der Waals surface area contributed by atoms with E-state index >= 15 is 0 Å². The molecule has 0 fully saturated rings. The summed E-state index contributed by atoms with van der Waals surface area (Å²) in [6.45, 7) is 3.09. The minimum atomic E-state index is -0.895. The molecule has 5 rings (SSSR count). The molecule has 1 aromatic heterocycles. The molecule has 170 valence electrons. The van der Waals surface area contributed by atoms with Crippen LogP contribution in [0.25, 0.3) is 21.7 Å². The minimum absolute atomic E-state index is 0.368. The number of para-hydroxylation sites is 1. The van der Waals surface area contributed by atoms with Crippen molar-refractivity contribution in [2.75, 3.05) is 6.61 Å². The van der Waals surface area contributed by atoms with Gasteiger partial charge >= 0.3 is 5.97 Å². The molecule has 0 amide bonds. The van der Waals surface area contributed by atoms with Crippen LogP contribution in [0.5, 0.6) is 5.75 Å². The first-order valence-corrected chi connectivity index (χ1v) is 11.6.